The fourth-order valence-electron chi connectivity index (χ4n) is 2.33. The summed E-state index contributed by atoms with van der Waals surface area (Å²) in [6.45, 7) is 1.44. The van der Waals surface area contributed by atoms with Crippen molar-refractivity contribution in [3.05, 3.63) is 60.1 Å². The second kappa shape index (κ2) is 10.8. The highest BCUT2D eigenvalue weighted by molar-refractivity contribution is 6.06. The van der Waals surface area contributed by atoms with E-state index in [4.69, 9.17) is 19.9 Å². The molecule has 1 unspecified atom stereocenters. The van der Waals surface area contributed by atoms with E-state index in [1.54, 1.807) is 14.0 Å². The van der Waals surface area contributed by atoms with E-state index in [0.717, 1.165) is 6.07 Å². The Labute approximate surface area is 173 Å². The van der Waals surface area contributed by atoms with Crippen LogP contribution in [0.15, 0.2) is 53.7 Å². The number of benzene rings is 2. The van der Waals surface area contributed by atoms with Crippen LogP contribution in [0.1, 0.15) is 17.3 Å². The number of halogens is 1. The molecule has 0 fully saturated rings. The van der Waals surface area contributed by atoms with Crippen LogP contribution in [0.5, 0.6) is 23.0 Å². The van der Waals surface area contributed by atoms with Crippen LogP contribution in [0, 0.1) is 5.82 Å². The molecule has 9 heteroatoms. The monoisotopic (exact) mass is 417 g/mol. The largest absolute Gasteiger partial charge is 0.494 e. The second-order valence-corrected chi connectivity index (χ2v) is 6.17. The number of carbonyl (C=O) groups excluding carboxylic acids is 1. The molecule has 2 aromatic carbocycles. The number of hydrogen-bond donors (Lipinski definition) is 3. The molecule has 0 heterocycles. The van der Waals surface area contributed by atoms with Crippen molar-refractivity contribution >= 4 is 11.7 Å². The number of aliphatic imine (C=N–C) groups is 1. The highest BCUT2D eigenvalue weighted by Gasteiger charge is 2.13. The first kappa shape index (κ1) is 22.7. The average molecular weight is 417 g/mol. The van der Waals surface area contributed by atoms with Gasteiger partial charge in [0.15, 0.2) is 11.6 Å². The first-order chi connectivity index (χ1) is 14.4. The fraction of sp³-hybridized carbons (Fsp3) is 0.238. The Kier molecular flexibility index (Phi) is 8.18. The molecule has 0 aliphatic rings. The number of aliphatic hydroxyl groups excluding tert-OH is 1. The molecular weight excluding hydrogens is 393 g/mol. The van der Waals surface area contributed by atoms with Crippen LogP contribution >= 0.6 is 0 Å². The van der Waals surface area contributed by atoms with Crippen molar-refractivity contribution in [1.82, 2.24) is 5.32 Å². The smallest absolute Gasteiger partial charge is 0.279 e. The molecule has 2 rings (SSSR count). The molecule has 0 aromatic heterocycles. The molecule has 0 aliphatic heterocycles. The molecule has 1 amide bonds. The molecule has 0 saturated heterocycles. The summed E-state index contributed by atoms with van der Waals surface area (Å²) in [5, 5.41) is 12.0. The van der Waals surface area contributed by atoms with Gasteiger partial charge in [-0.2, -0.15) is 4.99 Å². The maximum absolute atomic E-state index is 13.9. The number of aliphatic hydroxyl groups is 1. The minimum Gasteiger partial charge on any atom is -0.494 e. The van der Waals surface area contributed by atoms with Crippen LogP contribution in [0.25, 0.3) is 0 Å². The van der Waals surface area contributed by atoms with Crippen LogP contribution in [0.2, 0.25) is 0 Å². The molecule has 2 aromatic rings. The van der Waals surface area contributed by atoms with Crippen molar-refractivity contribution < 1.29 is 28.5 Å². The minimum atomic E-state index is -0.624. The predicted molar refractivity (Wildman–Crippen MR) is 111 cm³/mol. The summed E-state index contributed by atoms with van der Waals surface area (Å²) in [6.07, 6.45) is 2.44. The maximum atomic E-state index is 13.9. The van der Waals surface area contributed by atoms with Gasteiger partial charge < -0.3 is 30.4 Å². The number of ether oxygens (including phenoxy) is 3. The molecule has 0 spiro atoms. The third kappa shape index (κ3) is 6.49. The zero-order chi connectivity index (χ0) is 22.1. The Balaban J connectivity index is 2.38. The second-order valence-electron chi connectivity index (χ2n) is 6.17. The number of amides is 1. The number of hydrogen-bond acceptors (Lipinski definition) is 6. The fourth-order valence-corrected chi connectivity index (χ4v) is 2.33. The number of rotatable bonds is 9. The summed E-state index contributed by atoms with van der Waals surface area (Å²) in [5.41, 5.74) is 5.84. The van der Waals surface area contributed by atoms with Crippen molar-refractivity contribution in [1.29, 1.82) is 0 Å². The van der Waals surface area contributed by atoms with Gasteiger partial charge in [-0.25, -0.2) is 4.39 Å². The van der Waals surface area contributed by atoms with Crippen LogP contribution in [0.3, 0.4) is 0 Å². The number of nitrogens with one attached hydrogen (secondary N) is 1. The zero-order valence-corrected chi connectivity index (χ0v) is 16.9. The van der Waals surface area contributed by atoms with Crippen LogP contribution in [-0.2, 0) is 0 Å². The number of carbonyl (C=O) groups is 1. The SMILES string of the molecule is CN/C=C\C(N)=NC(=O)c1cc(Oc2ccc(OC)c(F)c2)cc(OC(C)CO)c1. The van der Waals surface area contributed by atoms with Gasteiger partial charge in [-0.15, -0.1) is 0 Å². The average Bonchev–Trinajstić information content (AvgIpc) is 2.72. The topological polar surface area (TPSA) is 115 Å². The standard InChI is InChI=1S/C21H24FN3O5/c1-13(12-26)29-16-8-14(21(27)25-20(23)6-7-24-2)9-17(10-16)30-15-4-5-19(28-3)18(22)11-15/h4-11,13,24,26H,12H2,1-3H3,(H2,23,25,27)/b7-6-. The van der Waals surface area contributed by atoms with Crippen molar-refractivity contribution in [2.45, 2.75) is 13.0 Å². The van der Waals surface area contributed by atoms with Gasteiger partial charge in [-0.1, -0.05) is 0 Å². The van der Waals surface area contributed by atoms with Gasteiger partial charge in [0.25, 0.3) is 5.91 Å². The van der Waals surface area contributed by atoms with E-state index in [9.17, 15) is 14.3 Å². The Bertz CT molecular complexity index is 946. The third-order valence-electron chi connectivity index (χ3n) is 3.73. The van der Waals surface area contributed by atoms with Crippen LogP contribution in [-0.4, -0.2) is 43.7 Å². The summed E-state index contributed by atoms with van der Waals surface area (Å²) >= 11 is 0. The molecule has 0 radical (unpaired) electrons. The predicted octanol–water partition coefficient (Wildman–Crippen LogP) is 2.62. The maximum Gasteiger partial charge on any atom is 0.279 e. The van der Waals surface area contributed by atoms with Crippen molar-refractivity contribution in [2.75, 3.05) is 20.8 Å². The Hall–Kier alpha value is -3.59. The first-order valence-electron chi connectivity index (χ1n) is 9.02. The van der Waals surface area contributed by atoms with Crippen LogP contribution in [0.4, 0.5) is 4.39 Å². The number of nitrogens with two attached hydrogens (primary N) is 1. The van der Waals surface area contributed by atoms with E-state index < -0.39 is 17.8 Å². The molecule has 8 nitrogen and oxygen atoms in total. The lowest BCUT2D eigenvalue weighted by Crippen LogP contribution is -2.16. The van der Waals surface area contributed by atoms with E-state index in [1.807, 2.05) is 0 Å². The van der Waals surface area contributed by atoms with E-state index in [2.05, 4.69) is 10.3 Å². The van der Waals surface area contributed by atoms with E-state index >= 15 is 0 Å². The molecular formula is C21H24FN3O5. The van der Waals surface area contributed by atoms with Crippen molar-refractivity contribution in [3.8, 4) is 23.0 Å². The molecule has 0 bridgehead atoms. The number of nitrogens with zero attached hydrogens (tertiary/aromatic N) is 1. The van der Waals surface area contributed by atoms with E-state index in [0.29, 0.717) is 0 Å². The van der Waals surface area contributed by atoms with Gasteiger partial charge >= 0.3 is 0 Å². The molecule has 0 saturated carbocycles. The van der Waals surface area contributed by atoms with E-state index in [1.165, 1.54) is 49.7 Å². The Morgan fingerprint density at radius 1 is 1.27 bits per heavy atom. The summed E-state index contributed by atoms with van der Waals surface area (Å²) in [6, 6.07) is 8.49. The van der Waals surface area contributed by atoms with Gasteiger partial charge in [-0.3, -0.25) is 4.79 Å². The highest BCUT2D eigenvalue weighted by Crippen LogP contribution is 2.30. The quantitative estimate of drug-likeness (QED) is 0.424. The molecule has 0 aliphatic carbocycles. The highest BCUT2D eigenvalue weighted by atomic mass is 19.1. The van der Waals surface area contributed by atoms with Gasteiger partial charge in [0.1, 0.15) is 29.2 Å². The lowest BCUT2D eigenvalue weighted by atomic mass is 10.2. The Morgan fingerprint density at radius 2 is 2.00 bits per heavy atom. The number of amidine groups is 1. The van der Waals surface area contributed by atoms with Gasteiger partial charge in [-0.05, 0) is 43.5 Å². The summed E-state index contributed by atoms with van der Waals surface area (Å²) < 4.78 is 30.1. The molecule has 30 heavy (non-hydrogen) atoms. The minimum absolute atomic E-state index is 0.00379. The summed E-state index contributed by atoms with van der Waals surface area (Å²) in [7, 11) is 3.04. The van der Waals surface area contributed by atoms with Crippen molar-refractivity contribution in [2.24, 2.45) is 10.7 Å². The van der Waals surface area contributed by atoms with Crippen molar-refractivity contribution in [3.63, 3.8) is 0 Å². The normalized spacial score (nSPS) is 12.5. The lowest BCUT2D eigenvalue weighted by molar-refractivity contribution is 0.100. The molecule has 160 valence electrons. The van der Waals surface area contributed by atoms with E-state index in [-0.39, 0.29) is 41.0 Å². The lowest BCUT2D eigenvalue weighted by Gasteiger charge is -2.15. The summed E-state index contributed by atoms with van der Waals surface area (Å²) in [5.74, 6) is -0.465. The number of methoxy groups -OCH3 is 1. The molecule has 1 atom stereocenters. The first-order valence-corrected chi connectivity index (χ1v) is 9.02. The zero-order valence-electron chi connectivity index (χ0n) is 16.9. The van der Waals surface area contributed by atoms with Gasteiger partial charge in [0, 0.05) is 24.7 Å². The van der Waals surface area contributed by atoms with Gasteiger partial charge in [0.2, 0.25) is 0 Å². The third-order valence-corrected chi connectivity index (χ3v) is 3.73. The summed E-state index contributed by atoms with van der Waals surface area (Å²) in [4.78, 5) is 16.3. The van der Waals surface area contributed by atoms with Crippen LogP contribution < -0.4 is 25.3 Å². The van der Waals surface area contributed by atoms with Gasteiger partial charge in [0.05, 0.1) is 13.7 Å². The Morgan fingerprint density at radius 3 is 2.63 bits per heavy atom. The molecule has 4 N–H and O–H groups in total.